The minimum Gasteiger partial charge on any atom is -0.321 e. The van der Waals surface area contributed by atoms with Gasteiger partial charge in [-0.05, 0) is 0 Å². The molecular formula is C9H10N4O2. The van der Waals surface area contributed by atoms with Gasteiger partial charge in [0.25, 0.3) is 5.56 Å². The smallest absolute Gasteiger partial charge is 0.321 e. The quantitative estimate of drug-likeness (QED) is 0.680. The molecule has 0 aliphatic rings. The van der Waals surface area contributed by atoms with E-state index in [1.54, 1.807) is 10.6 Å². The standard InChI is InChI=1S/C9H10N4O2/c1-3-4-13-5-10-7-6(13)8(14)12(2)9(15)11-7/h3,5H,1,4H2,2H3,(H,11,15). The number of aromatic nitrogens is 4. The topological polar surface area (TPSA) is 72.7 Å². The van der Waals surface area contributed by atoms with Crippen molar-refractivity contribution in [3.05, 3.63) is 39.8 Å². The summed E-state index contributed by atoms with van der Waals surface area (Å²) in [5.41, 5.74) is -0.119. The Morgan fingerprint density at radius 1 is 1.60 bits per heavy atom. The molecule has 0 bridgehead atoms. The Morgan fingerprint density at radius 2 is 2.33 bits per heavy atom. The predicted octanol–water partition coefficient (Wildman–Crippen LogP) is -0.391. The summed E-state index contributed by atoms with van der Waals surface area (Å²) in [4.78, 5) is 29.5. The largest absolute Gasteiger partial charge is 0.329 e. The Kier molecular flexibility index (Phi) is 2.03. The van der Waals surface area contributed by atoms with Crippen LogP contribution in [0.3, 0.4) is 0 Å². The molecule has 0 amide bonds. The van der Waals surface area contributed by atoms with Crippen LogP contribution in [0.15, 0.2) is 28.6 Å². The normalized spacial score (nSPS) is 10.7. The molecule has 0 atom stereocenters. The molecule has 0 aliphatic heterocycles. The lowest BCUT2D eigenvalue weighted by molar-refractivity contribution is 0.774. The zero-order valence-corrected chi connectivity index (χ0v) is 8.23. The van der Waals surface area contributed by atoms with E-state index >= 15 is 0 Å². The minimum atomic E-state index is -0.462. The molecule has 2 heterocycles. The van der Waals surface area contributed by atoms with E-state index in [0.29, 0.717) is 17.7 Å². The molecule has 0 aliphatic carbocycles. The van der Waals surface area contributed by atoms with Gasteiger partial charge in [0.15, 0.2) is 11.2 Å². The number of hydrogen-bond acceptors (Lipinski definition) is 3. The molecule has 0 aromatic carbocycles. The van der Waals surface area contributed by atoms with E-state index in [0.717, 1.165) is 4.57 Å². The number of hydrogen-bond donors (Lipinski definition) is 1. The molecule has 0 saturated carbocycles. The number of rotatable bonds is 2. The van der Waals surface area contributed by atoms with Crippen molar-refractivity contribution >= 4 is 11.2 Å². The maximum absolute atomic E-state index is 11.8. The number of allylic oxidation sites excluding steroid dienone is 1. The monoisotopic (exact) mass is 206 g/mol. The van der Waals surface area contributed by atoms with Crippen molar-refractivity contribution < 1.29 is 0 Å². The fraction of sp³-hybridized carbons (Fsp3) is 0.222. The fourth-order valence-electron chi connectivity index (χ4n) is 1.41. The number of H-pyrrole nitrogens is 1. The summed E-state index contributed by atoms with van der Waals surface area (Å²) in [6, 6.07) is 0. The lowest BCUT2D eigenvalue weighted by atomic mass is 10.5. The Bertz CT molecular complexity index is 632. The van der Waals surface area contributed by atoms with Gasteiger partial charge in [0, 0.05) is 13.6 Å². The Morgan fingerprint density at radius 3 is 3.00 bits per heavy atom. The molecular weight excluding hydrogens is 196 g/mol. The molecule has 2 aromatic rings. The van der Waals surface area contributed by atoms with Crippen molar-refractivity contribution in [3.63, 3.8) is 0 Å². The summed E-state index contributed by atoms with van der Waals surface area (Å²) in [6.45, 7) is 4.07. The number of aromatic amines is 1. The molecule has 15 heavy (non-hydrogen) atoms. The van der Waals surface area contributed by atoms with Crippen LogP contribution >= 0.6 is 0 Å². The predicted molar refractivity (Wildman–Crippen MR) is 55.8 cm³/mol. The molecule has 1 N–H and O–H groups in total. The summed E-state index contributed by atoms with van der Waals surface area (Å²) in [5.74, 6) is 0. The van der Waals surface area contributed by atoms with Gasteiger partial charge < -0.3 is 4.57 Å². The van der Waals surface area contributed by atoms with E-state index in [-0.39, 0.29) is 5.56 Å². The molecule has 6 heteroatoms. The third kappa shape index (κ3) is 1.30. The zero-order valence-electron chi connectivity index (χ0n) is 8.23. The minimum absolute atomic E-state index is 0.310. The number of nitrogens with one attached hydrogen (secondary N) is 1. The highest BCUT2D eigenvalue weighted by molar-refractivity contribution is 5.69. The highest BCUT2D eigenvalue weighted by atomic mass is 16.2. The van der Waals surface area contributed by atoms with Crippen molar-refractivity contribution in [2.45, 2.75) is 6.54 Å². The average molecular weight is 206 g/mol. The molecule has 0 fully saturated rings. The second-order valence-corrected chi connectivity index (χ2v) is 3.18. The first kappa shape index (κ1) is 9.45. The van der Waals surface area contributed by atoms with Crippen LogP contribution in [0.2, 0.25) is 0 Å². The summed E-state index contributed by atoms with van der Waals surface area (Å²) < 4.78 is 2.66. The first-order chi connectivity index (χ1) is 7.15. The van der Waals surface area contributed by atoms with Crippen LogP contribution in [0.5, 0.6) is 0 Å². The van der Waals surface area contributed by atoms with E-state index in [1.165, 1.54) is 13.4 Å². The average Bonchev–Trinajstić information content (AvgIpc) is 2.59. The number of fused-ring (bicyclic) bond motifs is 1. The maximum atomic E-state index is 11.8. The summed E-state index contributed by atoms with van der Waals surface area (Å²) >= 11 is 0. The van der Waals surface area contributed by atoms with Crippen LogP contribution in [0, 0.1) is 0 Å². The lowest BCUT2D eigenvalue weighted by Crippen LogP contribution is -2.33. The second kappa shape index (κ2) is 3.23. The molecule has 2 aromatic heterocycles. The molecule has 2 rings (SSSR count). The van der Waals surface area contributed by atoms with Crippen LogP contribution in [0.4, 0.5) is 0 Å². The number of imidazole rings is 1. The summed E-state index contributed by atoms with van der Waals surface area (Å²) in [5, 5.41) is 0. The molecule has 6 nitrogen and oxygen atoms in total. The van der Waals surface area contributed by atoms with Gasteiger partial charge in [0.2, 0.25) is 0 Å². The fourth-order valence-corrected chi connectivity index (χ4v) is 1.41. The van der Waals surface area contributed by atoms with Crippen molar-refractivity contribution in [2.24, 2.45) is 7.05 Å². The SMILES string of the molecule is C=CCn1cnc2[nH]c(=O)n(C)c(=O)c21. The van der Waals surface area contributed by atoms with Crippen LogP contribution in [0.1, 0.15) is 0 Å². The van der Waals surface area contributed by atoms with Gasteiger partial charge in [0.05, 0.1) is 6.33 Å². The lowest BCUT2D eigenvalue weighted by Gasteiger charge is -1.99. The Balaban J connectivity index is 2.91. The summed E-state index contributed by atoms with van der Waals surface area (Å²) in [7, 11) is 1.42. The third-order valence-corrected chi connectivity index (χ3v) is 2.20. The van der Waals surface area contributed by atoms with E-state index in [4.69, 9.17) is 0 Å². The molecule has 0 radical (unpaired) electrons. The number of nitrogens with zero attached hydrogens (tertiary/aromatic N) is 3. The molecule has 0 spiro atoms. The van der Waals surface area contributed by atoms with Crippen LogP contribution in [-0.2, 0) is 13.6 Å². The third-order valence-electron chi connectivity index (χ3n) is 2.20. The van der Waals surface area contributed by atoms with Gasteiger partial charge in [-0.15, -0.1) is 6.58 Å². The van der Waals surface area contributed by atoms with E-state index in [9.17, 15) is 9.59 Å². The van der Waals surface area contributed by atoms with E-state index < -0.39 is 5.69 Å². The Labute approximate surface area is 84.5 Å². The van der Waals surface area contributed by atoms with Crippen molar-refractivity contribution in [2.75, 3.05) is 0 Å². The van der Waals surface area contributed by atoms with Crippen molar-refractivity contribution in [3.8, 4) is 0 Å². The van der Waals surface area contributed by atoms with Crippen LogP contribution < -0.4 is 11.2 Å². The van der Waals surface area contributed by atoms with Gasteiger partial charge in [-0.2, -0.15) is 0 Å². The Hall–Kier alpha value is -2.11. The maximum Gasteiger partial charge on any atom is 0.329 e. The van der Waals surface area contributed by atoms with Gasteiger partial charge in [-0.25, -0.2) is 9.78 Å². The highest BCUT2D eigenvalue weighted by Gasteiger charge is 2.09. The molecule has 0 unspecified atom stereocenters. The van der Waals surface area contributed by atoms with Gasteiger partial charge in [0.1, 0.15) is 0 Å². The second-order valence-electron chi connectivity index (χ2n) is 3.18. The van der Waals surface area contributed by atoms with Crippen LogP contribution in [0.25, 0.3) is 11.2 Å². The van der Waals surface area contributed by atoms with Gasteiger partial charge in [-0.1, -0.05) is 6.08 Å². The van der Waals surface area contributed by atoms with Gasteiger partial charge >= 0.3 is 5.69 Å². The van der Waals surface area contributed by atoms with E-state index in [2.05, 4.69) is 16.5 Å². The van der Waals surface area contributed by atoms with Crippen molar-refractivity contribution in [1.29, 1.82) is 0 Å². The first-order valence-electron chi connectivity index (χ1n) is 4.40. The van der Waals surface area contributed by atoms with Crippen molar-refractivity contribution in [1.82, 2.24) is 19.1 Å². The first-order valence-corrected chi connectivity index (χ1v) is 4.40. The highest BCUT2D eigenvalue weighted by Crippen LogP contribution is 2.02. The van der Waals surface area contributed by atoms with Crippen LogP contribution in [-0.4, -0.2) is 19.1 Å². The van der Waals surface area contributed by atoms with E-state index in [1.807, 2.05) is 0 Å². The summed E-state index contributed by atoms with van der Waals surface area (Å²) in [6.07, 6.45) is 3.16. The zero-order chi connectivity index (χ0) is 11.0. The molecule has 0 saturated heterocycles. The van der Waals surface area contributed by atoms with Gasteiger partial charge in [-0.3, -0.25) is 14.3 Å². The molecule has 78 valence electrons.